The van der Waals surface area contributed by atoms with E-state index in [-0.39, 0.29) is 10.6 Å². The van der Waals surface area contributed by atoms with E-state index in [1.54, 1.807) is 48.5 Å². The van der Waals surface area contributed by atoms with Crippen LogP contribution in [0.3, 0.4) is 0 Å². The van der Waals surface area contributed by atoms with Crippen molar-refractivity contribution >= 4 is 44.8 Å². The summed E-state index contributed by atoms with van der Waals surface area (Å²) >= 11 is 5.85. The highest BCUT2D eigenvalue weighted by atomic mass is 35.5. The van der Waals surface area contributed by atoms with Crippen LogP contribution in [0.5, 0.6) is 0 Å². The van der Waals surface area contributed by atoms with Crippen molar-refractivity contribution in [2.24, 2.45) is 0 Å². The molecule has 7 nitrogen and oxygen atoms in total. The largest absolute Gasteiger partial charge is 0.326 e. The average molecular weight is 516 g/mol. The quantitative estimate of drug-likeness (QED) is 0.507. The van der Waals surface area contributed by atoms with E-state index in [4.69, 9.17) is 11.6 Å². The average Bonchev–Trinajstić information content (AvgIpc) is 2.82. The van der Waals surface area contributed by atoms with E-state index in [1.165, 1.54) is 23.1 Å². The second kappa shape index (κ2) is 10.1. The SMILES string of the molecule is CS(=O)(=O)c1ccccc1-c1ccc(N2CCCC(NC(=O)Nc3ccc(Cl)cc3)C2=O)c(F)c1. The Labute approximate surface area is 207 Å². The molecule has 0 aromatic heterocycles. The summed E-state index contributed by atoms with van der Waals surface area (Å²) in [6.45, 7) is 0.298. The van der Waals surface area contributed by atoms with Crippen LogP contribution in [0.4, 0.5) is 20.6 Å². The van der Waals surface area contributed by atoms with Gasteiger partial charge in [-0.1, -0.05) is 35.9 Å². The molecule has 3 amide bonds. The van der Waals surface area contributed by atoms with Crippen molar-refractivity contribution in [1.29, 1.82) is 0 Å². The fourth-order valence-corrected chi connectivity index (χ4v) is 5.07. The minimum absolute atomic E-state index is 0.0696. The molecule has 0 spiro atoms. The van der Waals surface area contributed by atoms with Crippen LogP contribution in [0.2, 0.25) is 5.02 Å². The molecular weight excluding hydrogens is 493 g/mol. The maximum atomic E-state index is 15.2. The Hall–Kier alpha value is -3.43. The third-order valence-corrected chi connectivity index (χ3v) is 7.09. The zero-order chi connectivity index (χ0) is 25.2. The second-order valence-corrected chi connectivity index (χ2v) is 10.6. The standard InChI is InChI=1S/C25H23ClFN3O4S/c1-35(33,34)23-7-3-2-5-19(23)16-8-13-22(20(27)15-16)30-14-4-6-21(24(30)31)29-25(32)28-18-11-9-17(26)10-12-18/h2-3,5,7-13,15,21H,4,6,14H2,1H3,(H2,28,29,32). The maximum absolute atomic E-state index is 15.2. The van der Waals surface area contributed by atoms with Gasteiger partial charge < -0.3 is 15.5 Å². The molecule has 0 saturated carbocycles. The molecule has 1 fully saturated rings. The maximum Gasteiger partial charge on any atom is 0.319 e. The molecule has 1 atom stereocenters. The van der Waals surface area contributed by atoms with Crippen molar-refractivity contribution in [2.45, 2.75) is 23.8 Å². The van der Waals surface area contributed by atoms with E-state index in [9.17, 15) is 18.0 Å². The molecule has 10 heteroatoms. The Bertz CT molecular complexity index is 1380. The predicted octanol–water partition coefficient (Wildman–Crippen LogP) is 4.87. The normalized spacial score (nSPS) is 16.1. The van der Waals surface area contributed by atoms with Gasteiger partial charge in [0, 0.05) is 29.1 Å². The van der Waals surface area contributed by atoms with Gasteiger partial charge in [0.15, 0.2) is 9.84 Å². The van der Waals surface area contributed by atoms with Gasteiger partial charge in [0.05, 0.1) is 10.6 Å². The molecule has 3 aromatic carbocycles. The molecule has 1 saturated heterocycles. The number of benzene rings is 3. The molecule has 0 radical (unpaired) electrons. The highest BCUT2D eigenvalue weighted by molar-refractivity contribution is 7.90. The molecule has 1 aliphatic heterocycles. The summed E-state index contributed by atoms with van der Waals surface area (Å²) < 4.78 is 39.4. The Kier molecular flexibility index (Phi) is 7.09. The van der Waals surface area contributed by atoms with Crippen molar-refractivity contribution in [2.75, 3.05) is 23.0 Å². The zero-order valence-electron chi connectivity index (χ0n) is 18.8. The van der Waals surface area contributed by atoms with E-state index >= 15 is 4.39 Å². The lowest BCUT2D eigenvalue weighted by molar-refractivity contribution is -0.121. The first-order chi connectivity index (χ1) is 16.6. The van der Waals surface area contributed by atoms with Gasteiger partial charge in [-0.3, -0.25) is 4.79 Å². The first-order valence-electron chi connectivity index (χ1n) is 10.9. The monoisotopic (exact) mass is 515 g/mol. The first-order valence-corrected chi connectivity index (χ1v) is 13.1. The summed E-state index contributed by atoms with van der Waals surface area (Å²) in [7, 11) is -3.52. The van der Waals surface area contributed by atoms with Gasteiger partial charge in [-0.25, -0.2) is 17.6 Å². The number of carbonyl (C=O) groups excluding carboxylic acids is 2. The van der Waals surface area contributed by atoms with Crippen molar-refractivity contribution in [3.8, 4) is 11.1 Å². The molecule has 2 N–H and O–H groups in total. The van der Waals surface area contributed by atoms with Crippen LogP contribution in [0.15, 0.2) is 71.6 Å². The number of sulfone groups is 1. The lowest BCUT2D eigenvalue weighted by atomic mass is 10.0. The predicted molar refractivity (Wildman–Crippen MR) is 134 cm³/mol. The van der Waals surface area contributed by atoms with Crippen LogP contribution in [0.25, 0.3) is 11.1 Å². The van der Waals surface area contributed by atoms with Crippen LogP contribution in [-0.2, 0) is 14.6 Å². The summed E-state index contributed by atoms with van der Waals surface area (Å²) in [6, 6.07) is 15.8. The number of hydrogen-bond acceptors (Lipinski definition) is 4. The van der Waals surface area contributed by atoms with Crippen molar-refractivity contribution < 1.29 is 22.4 Å². The van der Waals surface area contributed by atoms with Crippen molar-refractivity contribution in [1.82, 2.24) is 5.32 Å². The third-order valence-electron chi connectivity index (χ3n) is 5.68. The fraction of sp³-hybridized carbons (Fsp3) is 0.200. The van der Waals surface area contributed by atoms with Gasteiger partial charge in [0.2, 0.25) is 5.91 Å². The number of anilines is 2. The van der Waals surface area contributed by atoms with Gasteiger partial charge in [-0.2, -0.15) is 0 Å². The molecular formula is C25H23ClFN3O4S. The minimum atomic E-state index is -3.52. The lowest BCUT2D eigenvalue weighted by Gasteiger charge is -2.33. The topological polar surface area (TPSA) is 95.6 Å². The highest BCUT2D eigenvalue weighted by Gasteiger charge is 2.32. The van der Waals surface area contributed by atoms with Gasteiger partial charge in [-0.05, 0) is 60.9 Å². The second-order valence-electron chi connectivity index (χ2n) is 8.22. The molecule has 1 heterocycles. The number of nitrogens with one attached hydrogen (secondary N) is 2. The number of carbonyl (C=O) groups is 2. The van der Waals surface area contributed by atoms with Gasteiger partial charge in [0.25, 0.3) is 0 Å². The van der Waals surface area contributed by atoms with Crippen LogP contribution in [0.1, 0.15) is 12.8 Å². The van der Waals surface area contributed by atoms with Gasteiger partial charge in [0.1, 0.15) is 11.9 Å². The molecule has 1 aliphatic rings. The Morgan fingerprint density at radius 1 is 1.09 bits per heavy atom. The lowest BCUT2D eigenvalue weighted by Crippen LogP contribution is -2.53. The van der Waals surface area contributed by atoms with Gasteiger partial charge >= 0.3 is 6.03 Å². The Morgan fingerprint density at radius 2 is 1.80 bits per heavy atom. The fourth-order valence-electron chi connectivity index (χ4n) is 4.03. The molecule has 182 valence electrons. The number of hydrogen-bond donors (Lipinski definition) is 2. The van der Waals surface area contributed by atoms with E-state index in [2.05, 4.69) is 10.6 Å². The number of rotatable bonds is 5. The van der Waals surface area contributed by atoms with E-state index < -0.39 is 33.6 Å². The smallest absolute Gasteiger partial charge is 0.319 e. The molecule has 0 bridgehead atoms. The summed E-state index contributed by atoms with van der Waals surface area (Å²) in [5, 5.41) is 5.82. The number of urea groups is 1. The van der Waals surface area contributed by atoms with Crippen molar-refractivity contribution in [3.05, 3.63) is 77.6 Å². The Balaban J connectivity index is 1.52. The number of piperidine rings is 1. The van der Waals surface area contributed by atoms with Crippen molar-refractivity contribution in [3.63, 3.8) is 0 Å². The summed E-state index contributed by atoms with van der Waals surface area (Å²) in [5.41, 5.74) is 1.35. The number of nitrogens with zero attached hydrogens (tertiary/aromatic N) is 1. The molecule has 35 heavy (non-hydrogen) atoms. The van der Waals surface area contributed by atoms with Crippen LogP contribution in [0, 0.1) is 5.82 Å². The molecule has 0 aliphatic carbocycles. The summed E-state index contributed by atoms with van der Waals surface area (Å²) in [5.74, 6) is -1.09. The van der Waals surface area contributed by atoms with Crippen LogP contribution >= 0.6 is 11.6 Å². The minimum Gasteiger partial charge on any atom is -0.326 e. The first kappa shape index (κ1) is 24.7. The third kappa shape index (κ3) is 5.63. The molecule has 3 aromatic rings. The highest BCUT2D eigenvalue weighted by Crippen LogP contribution is 2.32. The van der Waals surface area contributed by atoms with Crippen LogP contribution < -0.4 is 15.5 Å². The van der Waals surface area contributed by atoms with E-state index in [0.29, 0.717) is 41.2 Å². The zero-order valence-corrected chi connectivity index (χ0v) is 20.4. The van der Waals surface area contributed by atoms with E-state index in [1.807, 2.05) is 0 Å². The van der Waals surface area contributed by atoms with E-state index in [0.717, 1.165) is 6.26 Å². The van der Waals surface area contributed by atoms with Crippen LogP contribution in [-0.4, -0.2) is 39.2 Å². The molecule has 4 rings (SSSR count). The van der Waals surface area contributed by atoms with Gasteiger partial charge in [-0.15, -0.1) is 0 Å². The number of amides is 3. The molecule has 1 unspecified atom stereocenters. The number of halogens is 2. The summed E-state index contributed by atoms with van der Waals surface area (Å²) in [6.07, 6.45) is 2.08. The summed E-state index contributed by atoms with van der Waals surface area (Å²) in [4.78, 5) is 26.9. The Morgan fingerprint density at radius 3 is 2.49 bits per heavy atom.